The van der Waals surface area contributed by atoms with Gasteiger partial charge in [0.25, 0.3) is 11.5 Å². The highest BCUT2D eigenvalue weighted by atomic mass is 16.2. The third kappa shape index (κ3) is 2.94. The summed E-state index contributed by atoms with van der Waals surface area (Å²) in [4.78, 5) is 36.6. The third-order valence-corrected chi connectivity index (χ3v) is 6.34. The van der Waals surface area contributed by atoms with Crippen LogP contribution in [0.2, 0.25) is 0 Å². The largest absolute Gasteiger partial charge is 0.336 e. The smallest absolute Gasteiger partial charge is 0.274 e. The molecule has 31 heavy (non-hydrogen) atoms. The maximum Gasteiger partial charge on any atom is 0.274 e. The molecule has 6 heterocycles. The lowest BCUT2D eigenvalue weighted by atomic mass is 9.82. The number of likely N-dealkylation sites (tertiary alicyclic amines) is 1. The van der Waals surface area contributed by atoms with Gasteiger partial charge in [-0.05, 0) is 42.2 Å². The number of fused-ring (bicyclic) bond motifs is 5. The summed E-state index contributed by atoms with van der Waals surface area (Å²) in [5, 5.41) is 4.28. The van der Waals surface area contributed by atoms with Crippen LogP contribution in [0.4, 0.5) is 0 Å². The Bertz CT molecular complexity index is 1360. The van der Waals surface area contributed by atoms with Gasteiger partial charge in [-0.1, -0.05) is 6.07 Å². The third-order valence-electron chi connectivity index (χ3n) is 6.34. The molecule has 2 aliphatic heterocycles. The van der Waals surface area contributed by atoms with Crippen molar-refractivity contribution < 1.29 is 4.79 Å². The number of aromatic nitrogens is 5. The van der Waals surface area contributed by atoms with Crippen LogP contribution in [0, 0.1) is 5.92 Å². The first-order valence-electron chi connectivity index (χ1n) is 10.4. The van der Waals surface area contributed by atoms with Gasteiger partial charge in [0.2, 0.25) is 0 Å². The Labute approximate surface area is 177 Å². The first kappa shape index (κ1) is 18.0. The molecule has 8 heteroatoms. The van der Waals surface area contributed by atoms with Gasteiger partial charge in [0, 0.05) is 61.5 Å². The fraction of sp³-hybridized carbons (Fsp3) is 0.261. The van der Waals surface area contributed by atoms with E-state index in [2.05, 4.69) is 21.1 Å². The minimum Gasteiger partial charge on any atom is -0.336 e. The van der Waals surface area contributed by atoms with E-state index in [1.807, 2.05) is 27.7 Å². The van der Waals surface area contributed by atoms with Crippen molar-refractivity contribution in [3.63, 3.8) is 0 Å². The molecule has 2 aliphatic rings. The van der Waals surface area contributed by atoms with Gasteiger partial charge in [-0.3, -0.25) is 14.6 Å². The van der Waals surface area contributed by atoms with Crippen molar-refractivity contribution in [3.8, 4) is 11.1 Å². The zero-order valence-electron chi connectivity index (χ0n) is 16.8. The Kier molecular flexibility index (Phi) is 3.99. The number of hydrogen-bond donors (Lipinski definition) is 0. The Morgan fingerprint density at radius 1 is 1.00 bits per heavy atom. The van der Waals surface area contributed by atoms with Crippen LogP contribution >= 0.6 is 0 Å². The molecule has 8 nitrogen and oxygen atoms in total. The number of carbonyl (C=O) groups is 1. The molecule has 0 aromatic carbocycles. The lowest BCUT2D eigenvalue weighted by molar-refractivity contribution is 0.0586. The van der Waals surface area contributed by atoms with Crippen LogP contribution in [0.15, 0.2) is 66.0 Å². The maximum absolute atomic E-state index is 13.3. The Balaban J connectivity index is 1.35. The Hall–Kier alpha value is -3.81. The maximum atomic E-state index is 13.3. The highest BCUT2D eigenvalue weighted by molar-refractivity contribution is 5.93. The molecular formula is C23H20N6O2. The van der Waals surface area contributed by atoms with Crippen LogP contribution in [0.25, 0.3) is 16.8 Å². The second-order valence-corrected chi connectivity index (χ2v) is 8.31. The van der Waals surface area contributed by atoms with Gasteiger partial charge in [-0.25, -0.2) is 9.50 Å². The second kappa shape index (κ2) is 6.87. The highest BCUT2D eigenvalue weighted by Crippen LogP contribution is 2.37. The molecular weight excluding hydrogens is 392 g/mol. The van der Waals surface area contributed by atoms with E-state index >= 15 is 0 Å². The molecule has 4 aromatic heterocycles. The first-order chi connectivity index (χ1) is 15.2. The van der Waals surface area contributed by atoms with E-state index in [9.17, 15) is 9.59 Å². The van der Waals surface area contributed by atoms with E-state index in [-0.39, 0.29) is 23.3 Å². The molecule has 154 valence electrons. The Morgan fingerprint density at radius 2 is 1.90 bits per heavy atom. The van der Waals surface area contributed by atoms with Gasteiger partial charge in [-0.15, -0.1) is 0 Å². The zero-order valence-corrected chi connectivity index (χ0v) is 16.8. The number of imidazole rings is 1. The van der Waals surface area contributed by atoms with E-state index in [1.165, 1.54) is 0 Å². The SMILES string of the molecule is O=C(c1cnc2cccnn12)N1C[C@@H]2C[C@H](C1)c1cc(-c3cccnc3)cc(=O)n1C2. The van der Waals surface area contributed by atoms with Crippen molar-refractivity contribution in [1.29, 1.82) is 0 Å². The molecule has 1 fully saturated rings. The van der Waals surface area contributed by atoms with Crippen molar-refractivity contribution in [2.24, 2.45) is 5.92 Å². The molecule has 2 atom stereocenters. The number of hydrogen-bond acceptors (Lipinski definition) is 5. The van der Waals surface area contributed by atoms with E-state index in [0.717, 1.165) is 23.2 Å². The fourth-order valence-electron chi connectivity index (χ4n) is 4.96. The number of nitrogens with zero attached hydrogens (tertiary/aromatic N) is 6. The molecule has 0 radical (unpaired) electrons. The van der Waals surface area contributed by atoms with Crippen molar-refractivity contribution in [3.05, 3.63) is 82.9 Å². The first-order valence-corrected chi connectivity index (χ1v) is 10.4. The lowest BCUT2D eigenvalue weighted by Crippen LogP contribution is -2.49. The minimum atomic E-state index is -0.0693. The van der Waals surface area contributed by atoms with Crippen LogP contribution in [-0.2, 0) is 6.54 Å². The molecule has 6 rings (SSSR count). The van der Waals surface area contributed by atoms with Gasteiger partial charge >= 0.3 is 0 Å². The predicted molar refractivity (Wildman–Crippen MR) is 114 cm³/mol. The van der Waals surface area contributed by atoms with Crippen molar-refractivity contribution in [1.82, 2.24) is 29.0 Å². The molecule has 4 aromatic rings. The molecule has 0 N–H and O–H groups in total. The molecule has 2 bridgehead atoms. The molecule has 0 spiro atoms. The van der Waals surface area contributed by atoms with Gasteiger partial charge in [-0.2, -0.15) is 5.10 Å². The van der Waals surface area contributed by atoms with E-state index in [1.54, 1.807) is 41.4 Å². The van der Waals surface area contributed by atoms with Crippen molar-refractivity contribution in [2.45, 2.75) is 18.9 Å². The van der Waals surface area contributed by atoms with Crippen LogP contribution in [-0.4, -0.2) is 48.0 Å². The number of carbonyl (C=O) groups excluding carboxylic acids is 1. The van der Waals surface area contributed by atoms with Gasteiger partial charge < -0.3 is 9.47 Å². The van der Waals surface area contributed by atoms with E-state index in [0.29, 0.717) is 31.0 Å². The van der Waals surface area contributed by atoms with Gasteiger partial charge in [0.15, 0.2) is 11.3 Å². The summed E-state index contributed by atoms with van der Waals surface area (Å²) in [5.74, 6) is 0.303. The van der Waals surface area contributed by atoms with Crippen LogP contribution in [0.1, 0.15) is 28.5 Å². The molecule has 0 saturated carbocycles. The zero-order chi connectivity index (χ0) is 20.9. The van der Waals surface area contributed by atoms with E-state index in [4.69, 9.17) is 0 Å². The summed E-state index contributed by atoms with van der Waals surface area (Å²) in [5.41, 5.74) is 3.93. The Morgan fingerprint density at radius 3 is 2.77 bits per heavy atom. The normalized spacial score (nSPS) is 19.9. The summed E-state index contributed by atoms with van der Waals surface area (Å²) >= 11 is 0. The topological polar surface area (TPSA) is 85.4 Å². The summed E-state index contributed by atoms with van der Waals surface area (Å²) in [6.07, 6.45) is 7.71. The van der Waals surface area contributed by atoms with Gasteiger partial charge in [0.1, 0.15) is 0 Å². The summed E-state index contributed by atoms with van der Waals surface area (Å²) < 4.78 is 3.47. The van der Waals surface area contributed by atoms with Crippen LogP contribution in [0.3, 0.4) is 0 Å². The number of rotatable bonds is 2. The predicted octanol–water partition coefficient (Wildman–Crippen LogP) is 2.21. The lowest BCUT2D eigenvalue weighted by Gasteiger charge is -2.42. The monoisotopic (exact) mass is 412 g/mol. The van der Waals surface area contributed by atoms with E-state index < -0.39 is 0 Å². The number of pyridine rings is 2. The molecule has 0 unspecified atom stereocenters. The minimum absolute atomic E-state index is 0.0109. The standard InChI is InChI=1S/C23H20N6O2/c30-22-9-17(16-3-1-5-24-10-16)8-19-18-7-15(13-28(19)22)12-27(14-18)23(31)20-11-25-21-4-2-6-26-29(20)21/h1-6,8-11,15,18H,7,12-14H2/t15-,18+/m0/s1. The second-order valence-electron chi connectivity index (χ2n) is 8.31. The number of amides is 1. The molecule has 0 aliphatic carbocycles. The molecule has 1 amide bonds. The summed E-state index contributed by atoms with van der Waals surface area (Å²) in [7, 11) is 0. The summed E-state index contributed by atoms with van der Waals surface area (Å²) in [6, 6.07) is 11.2. The van der Waals surface area contributed by atoms with Crippen LogP contribution in [0.5, 0.6) is 0 Å². The average Bonchev–Trinajstić information content (AvgIpc) is 3.24. The van der Waals surface area contributed by atoms with Crippen molar-refractivity contribution in [2.75, 3.05) is 13.1 Å². The van der Waals surface area contributed by atoms with Crippen LogP contribution < -0.4 is 5.56 Å². The highest BCUT2D eigenvalue weighted by Gasteiger charge is 2.37. The molecule has 1 saturated heterocycles. The van der Waals surface area contributed by atoms with Gasteiger partial charge in [0.05, 0.1) is 6.20 Å². The average molecular weight is 412 g/mol. The fourth-order valence-corrected chi connectivity index (χ4v) is 4.96. The quantitative estimate of drug-likeness (QED) is 0.504. The number of piperidine rings is 1. The summed E-state index contributed by atoms with van der Waals surface area (Å²) in [6.45, 7) is 1.84. The van der Waals surface area contributed by atoms with Crippen molar-refractivity contribution >= 4 is 11.6 Å².